The smallest absolute Gasteiger partial charge is 0.204 e. The molecule has 4 aliphatic rings. The molecule has 0 saturated carbocycles. The van der Waals surface area contributed by atoms with E-state index in [1.807, 2.05) is 6.92 Å². The molecule has 8 aromatic heterocycles. The first-order valence-corrected chi connectivity index (χ1v) is 49.9. The normalized spacial score (nSPS) is 25.7. The van der Waals surface area contributed by atoms with Crippen LogP contribution in [0.4, 0.5) is 29.2 Å². The number of nitrogens with zero attached hydrogens (tertiary/aromatic N) is 16. The van der Waals surface area contributed by atoms with Crippen LogP contribution < -0.4 is 32.7 Å². The molecular formula is C71H120N22O13P4. The molecule has 0 spiro atoms. The molecule has 4 saturated heterocycles. The van der Waals surface area contributed by atoms with Gasteiger partial charge in [0, 0.05) is 39.4 Å². The van der Waals surface area contributed by atoms with E-state index in [0.717, 1.165) is 69.8 Å². The lowest BCUT2D eigenvalue weighted by molar-refractivity contribution is -0.0353. The summed E-state index contributed by atoms with van der Waals surface area (Å²) in [5.74, 6) is 2.66. The van der Waals surface area contributed by atoms with Crippen molar-refractivity contribution in [2.24, 2.45) is 5.73 Å². The number of rotatable bonds is 33. The molecule has 8 aromatic rings. The Morgan fingerprint density at radius 1 is 0.409 bits per heavy atom. The van der Waals surface area contributed by atoms with Gasteiger partial charge in [0.2, 0.25) is 5.95 Å². The lowest BCUT2D eigenvalue weighted by Crippen LogP contribution is -2.32. The fraction of sp³-hybridized carbons (Fsp3) is 0.662. The van der Waals surface area contributed by atoms with Crippen LogP contribution in [0.15, 0.2) is 44.3 Å². The first kappa shape index (κ1) is 87.8. The highest BCUT2D eigenvalue weighted by Gasteiger charge is 2.48. The van der Waals surface area contributed by atoms with Crippen LogP contribution in [0.25, 0.3) is 44.7 Å². The quantitative estimate of drug-likeness (QED) is 0.0200. The zero-order valence-electron chi connectivity index (χ0n) is 65.5. The van der Waals surface area contributed by atoms with Crippen molar-refractivity contribution in [1.29, 1.82) is 0 Å². The fourth-order valence-corrected chi connectivity index (χ4v) is 16.8. The predicted octanol–water partition coefficient (Wildman–Crippen LogP) is 4.39. The minimum Gasteiger partial charge on any atom is -0.388 e. The van der Waals surface area contributed by atoms with E-state index in [1.54, 1.807) is 37.3 Å². The van der Waals surface area contributed by atoms with Gasteiger partial charge in [0.1, 0.15) is 74.1 Å². The number of hydrogen-bond donors (Lipinski definition) is 14. The Morgan fingerprint density at radius 2 is 0.736 bits per heavy atom. The topological polar surface area (TPSA) is 483 Å². The van der Waals surface area contributed by atoms with Gasteiger partial charge in [-0.2, -0.15) is 0 Å². The van der Waals surface area contributed by atoms with Crippen LogP contribution >= 0.6 is 27.5 Å². The third kappa shape index (κ3) is 22.6. The summed E-state index contributed by atoms with van der Waals surface area (Å²) in [6.07, 6.45) is 25.2. The molecule has 0 amide bonds. The van der Waals surface area contributed by atoms with E-state index >= 15 is 0 Å². The molecule has 12 heterocycles. The molecule has 16 N–H and O–H groups in total. The van der Waals surface area contributed by atoms with E-state index in [9.17, 15) is 40.9 Å². The molecule has 612 valence electrons. The van der Waals surface area contributed by atoms with E-state index in [0.29, 0.717) is 126 Å². The second kappa shape index (κ2) is 39.3. The molecule has 0 bridgehead atoms. The van der Waals surface area contributed by atoms with Crippen molar-refractivity contribution >= 4 is 127 Å². The Morgan fingerprint density at radius 3 is 1.09 bits per heavy atom. The van der Waals surface area contributed by atoms with Gasteiger partial charge >= 0.3 is 0 Å². The number of aliphatic hydroxyl groups excluding tert-OH is 8. The molecule has 4 fully saturated rings. The van der Waals surface area contributed by atoms with Gasteiger partial charge < -0.3 is 97.3 Å². The summed E-state index contributed by atoms with van der Waals surface area (Å²) >= 11 is 0. The first-order valence-electron chi connectivity index (χ1n) is 37.7. The molecule has 110 heavy (non-hydrogen) atoms. The number of aromatic nitrogens is 16. The number of nitrogen functional groups attached to an aromatic ring is 1. The van der Waals surface area contributed by atoms with E-state index in [-0.39, 0.29) is 5.95 Å². The second-order valence-electron chi connectivity index (χ2n) is 31.1. The van der Waals surface area contributed by atoms with Gasteiger partial charge in [-0.1, -0.05) is 20.3 Å². The van der Waals surface area contributed by atoms with Crippen LogP contribution in [-0.4, -0.2) is 341 Å². The van der Waals surface area contributed by atoms with Gasteiger partial charge in [0.05, 0.1) is 43.4 Å². The van der Waals surface area contributed by atoms with Gasteiger partial charge in [0.25, 0.3) is 0 Å². The Hall–Kier alpha value is -6.16. The Labute approximate surface area is 643 Å². The summed E-state index contributed by atoms with van der Waals surface area (Å²) in [7, 11) is 0. The SMILES string of the molecule is C=P(C)(C)CC[C@H]1O[C@@H](n2c(N)nc3c(NCCCC)ncnc32)[C@H](O)[C@@H]1O.C=P(C)(C)CC[C@H]1O[C@@H](n2cnc3c(NCC)ncnc32)[C@H](O)[C@@H]1O.C=P(C)(C)CC[C@H]1O[C@@H](n2cnc3c(NCCC)ncnc32)[C@H](O)[C@@H]1O.C=P(C)(C)CC[C@H]1O[C@@H](n2cnc3c(NCCCOCCCN)ncnc32)[C@H](O)[C@@H]1O. The number of nitrogens with two attached hydrogens (primary N) is 2. The minimum atomic E-state index is -1.26. The summed E-state index contributed by atoms with van der Waals surface area (Å²) in [5, 5.41) is 96.8. The van der Waals surface area contributed by atoms with Crippen molar-refractivity contribution < 1.29 is 64.5 Å². The number of nitrogens with one attached hydrogen (secondary N) is 4. The van der Waals surface area contributed by atoms with Gasteiger partial charge in [0.15, 0.2) is 92.8 Å². The average molecular weight is 1610 g/mol. The number of fused-ring (bicyclic) bond motifs is 4. The predicted molar refractivity (Wildman–Crippen MR) is 445 cm³/mol. The van der Waals surface area contributed by atoms with E-state index in [1.165, 1.54) is 25.3 Å². The lowest BCUT2D eigenvalue weighted by Gasteiger charge is -2.19. The maximum atomic E-state index is 10.6. The van der Waals surface area contributed by atoms with Crippen molar-refractivity contribution in [2.45, 2.75) is 177 Å². The molecule has 0 unspecified atom stereocenters. The molecule has 0 aromatic carbocycles. The van der Waals surface area contributed by atoms with E-state index in [2.05, 4.69) is 173 Å². The van der Waals surface area contributed by atoms with Gasteiger partial charge in [-0.15, -0.1) is 52.7 Å². The summed E-state index contributed by atoms with van der Waals surface area (Å²) in [4.78, 5) is 51.7. The maximum absolute atomic E-state index is 10.6. The highest BCUT2D eigenvalue weighted by atomic mass is 31.2. The van der Waals surface area contributed by atoms with Gasteiger partial charge in [-0.25, -0.2) is 59.8 Å². The molecule has 0 aliphatic carbocycles. The molecule has 0 radical (unpaired) electrons. The van der Waals surface area contributed by atoms with Crippen molar-refractivity contribution in [3.05, 3.63) is 44.3 Å². The van der Waals surface area contributed by atoms with Gasteiger partial charge in [-0.05, 0) is 143 Å². The zero-order valence-corrected chi connectivity index (χ0v) is 69.0. The number of hydrogen-bond acceptors (Lipinski definition) is 31. The van der Waals surface area contributed by atoms with Crippen LogP contribution in [0.5, 0.6) is 0 Å². The highest BCUT2D eigenvalue weighted by Crippen LogP contribution is 2.45. The molecule has 12 rings (SSSR count). The van der Waals surface area contributed by atoms with Gasteiger partial charge in [-0.3, -0.25) is 18.3 Å². The second-order valence-corrected chi connectivity index (χ2v) is 48.4. The number of unbranched alkanes of at least 4 members (excludes halogenated alkanes) is 1. The Bertz CT molecular complexity index is 4450. The minimum absolute atomic E-state index is 0.163. The van der Waals surface area contributed by atoms with E-state index in [4.69, 9.17) is 35.2 Å². The number of ether oxygens (including phenoxy) is 5. The molecule has 16 atom stereocenters. The maximum Gasteiger partial charge on any atom is 0.204 e. The average Bonchev–Trinajstić information content (AvgIpc) is 1.62. The Balaban J connectivity index is 0.000000169. The summed E-state index contributed by atoms with van der Waals surface area (Å²) in [6, 6.07) is 0. The van der Waals surface area contributed by atoms with E-state index < -0.39 is 126 Å². The van der Waals surface area contributed by atoms with Crippen molar-refractivity contribution in [3.63, 3.8) is 0 Å². The monoisotopic (exact) mass is 1610 g/mol. The van der Waals surface area contributed by atoms with Crippen LogP contribution in [0.2, 0.25) is 0 Å². The molecule has 4 aliphatic heterocycles. The van der Waals surface area contributed by atoms with Crippen molar-refractivity contribution in [1.82, 2.24) is 78.1 Å². The third-order valence-corrected chi connectivity index (χ3v) is 24.9. The zero-order chi connectivity index (χ0) is 80.0. The third-order valence-electron chi connectivity index (χ3n) is 19.0. The van der Waals surface area contributed by atoms with Crippen LogP contribution in [0, 0.1) is 0 Å². The molecule has 35 nitrogen and oxygen atoms in total. The lowest BCUT2D eigenvalue weighted by atomic mass is 10.1. The summed E-state index contributed by atoms with van der Waals surface area (Å²) in [6.45, 7) is 23.2. The number of anilines is 5. The highest BCUT2D eigenvalue weighted by molar-refractivity contribution is 7.73. The molecular weight excluding hydrogens is 1490 g/mol. The Kier molecular flexibility index (Phi) is 31.3. The van der Waals surface area contributed by atoms with Crippen LogP contribution in [-0.2, 0) is 23.7 Å². The first-order chi connectivity index (χ1) is 52.2. The fourth-order valence-electron chi connectivity index (χ4n) is 13.0. The van der Waals surface area contributed by atoms with Crippen LogP contribution in [0.3, 0.4) is 0 Å². The standard InChI is InChI=1S/C20H35N6O4P.C18H31N6O3P.C17H28N5O3P.C16H26N5O3P/c1-31(2,3)11-6-14-16(27)17(28)20(30-14)26-13-25-15-18(23-12-24-19(15)26)22-8-5-10-29-9-4-7-21;1-5-6-8-20-15-12-16(22-10-21-15)24(18(19)23-12)17-14(26)13(25)11(27-17)7-9-28(2,3)4;1-5-7-18-15-12-16(20-9-19-15)22(10-21-12)17-14(24)13(23)11(25-17)6-8-26(2,3)4;1-5-17-14-11-15(19-8-18-14)21(9-20-11)16-13(23)12(22)10(24-16)6-7-25(2,3)4/h12-14,16-17,20,27-28H,1,4-11,21H2,2-3H3,(H,22,23,24);10-11,13-14,17,25-26H,2,5-9H2,1,3-4H3,(H2,19,23)(H,20,21,22);9-11,13-14,17,23-24H,2,5-8H2,1,3-4H3,(H,18,19,20);8-10,12-13,16,22-23H,2,5-7H2,1,3-4H3,(H,17,18,19)/t14-,16-,17-,20-;2*11-,13-,14-,17-;10-,12-,13-,16-/m1111/s1. The van der Waals surface area contributed by atoms with Crippen molar-refractivity contribution in [3.8, 4) is 0 Å². The molecule has 39 heteroatoms. The number of imidazole rings is 4. The summed E-state index contributed by atoms with van der Waals surface area (Å²) < 4.78 is 36.0. The number of aliphatic hydroxyl groups is 8. The largest absolute Gasteiger partial charge is 0.388 e. The summed E-state index contributed by atoms with van der Waals surface area (Å²) in [5.41, 5.74) is 16.1. The van der Waals surface area contributed by atoms with Crippen LogP contribution in [0.1, 0.15) is 103 Å². The van der Waals surface area contributed by atoms with Crippen molar-refractivity contribution in [2.75, 3.05) is 151 Å².